The molecule has 0 aliphatic carbocycles. The number of nitrogens with one attached hydrogen (secondary N) is 1. The first-order valence-corrected chi connectivity index (χ1v) is 4.79. The maximum absolute atomic E-state index is 10.8. The Morgan fingerprint density at radius 3 is 2.60 bits per heavy atom. The molecule has 5 nitrogen and oxygen atoms in total. The van der Waals surface area contributed by atoms with Crippen molar-refractivity contribution in [2.75, 3.05) is 5.32 Å². The van der Waals surface area contributed by atoms with Crippen molar-refractivity contribution >= 4 is 34.9 Å². The van der Waals surface area contributed by atoms with Crippen molar-refractivity contribution in [1.82, 2.24) is 10.2 Å². The maximum Gasteiger partial charge on any atom is 0.328 e. The number of carbonyl (C=O) groups is 1. The van der Waals surface area contributed by atoms with Crippen LogP contribution in [0.1, 0.15) is 13.8 Å². The number of hydrogen-bond donors (Lipinski definition) is 2. The third kappa shape index (κ3) is 2.94. The Morgan fingerprint density at radius 2 is 2.07 bits per heavy atom. The lowest BCUT2D eigenvalue weighted by atomic mass is 10.1. The molecule has 1 aromatic heterocycles. The minimum atomic E-state index is -1.16. The van der Waals surface area contributed by atoms with Crippen molar-refractivity contribution in [3.63, 3.8) is 0 Å². The molecular weight excluding hydrogens is 241 g/mol. The molecule has 0 atom stereocenters. The largest absolute Gasteiger partial charge is 0.480 e. The van der Waals surface area contributed by atoms with E-state index in [1.54, 1.807) is 0 Å². The second-order valence-corrected chi connectivity index (χ2v) is 4.17. The molecule has 1 rings (SSSR count). The van der Waals surface area contributed by atoms with Crippen LogP contribution in [-0.4, -0.2) is 26.8 Å². The Balaban J connectivity index is 2.99. The zero-order valence-electron chi connectivity index (χ0n) is 8.08. The van der Waals surface area contributed by atoms with Crippen molar-refractivity contribution in [1.29, 1.82) is 0 Å². The van der Waals surface area contributed by atoms with Crippen molar-refractivity contribution in [2.24, 2.45) is 0 Å². The number of nitrogens with zero attached hydrogens (tertiary/aromatic N) is 2. The zero-order valence-corrected chi connectivity index (χ0v) is 9.60. The summed E-state index contributed by atoms with van der Waals surface area (Å²) in [5, 5.41) is 18.9. The fourth-order valence-corrected chi connectivity index (χ4v) is 1.12. The van der Waals surface area contributed by atoms with Crippen LogP contribution in [0.2, 0.25) is 10.3 Å². The van der Waals surface area contributed by atoms with Crippen molar-refractivity contribution in [3.05, 3.63) is 16.4 Å². The van der Waals surface area contributed by atoms with Crippen LogP contribution >= 0.6 is 23.2 Å². The van der Waals surface area contributed by atoms with E-state index in [4.69, 9.17) is 28.3 Å². The topological polar surface area (TPSA) is 75.1 Å². The number of anilines is 1. The molecule has 0 unspecified atom stereocenters. The van der Waals surface area contributed by atoms with E-state index in [0.717, 1.165) is 0 Å². The van der Waals surface area contributed by atoms with Crippen LogP contribution in [0, 0.1) is 0 Å². The van der Waals surface area contributed by atoms with Gasteiger partial charge in [0.1, 0.15) is 5.54 Å². The molecule has 7 heteroatoms. The molecule has 0 aliphatic rings. The molecule has 15 heavy (non-hydrogen) atoms. The molecule has 1 aromatic rings. The number of aliphatic carboxylic acids is 1. The van der Waals surface area contributed by atoms with Gasteiger partial charge in [-0.1, -0.05) is 23.2 Å². The molecule has 0 aromatic carbocycles. The lowest BCUT2D eigenvalue weighted by Gasteiger charge is -2.22. The van der Waals surface area contributed by atoms with Crippen molar-refractivity contribution in [2.45, 2.75) is 19.4 Å². The first-order valence-electron chi connectivity index (χ1n) is 4.03. The molecule has 0 amide bonds. The Kier molecular flexibility index (Phi) is 3.36. The monoisotopic (exact) mass is 249 g/mol. The number of halogens is 2. The summed E-state index contributed by atoms with van der Waals surface area (Å²) in [6, 6.07) is 1.42. The molecule has 2 N–H and O–H groups in total. The van der Waals surface area contributed by atoms with Crippen LogP contribution in [0.5, 0.6) is 0 Å². The summed E-state index contributed by atoms with van der Waals surface area (Å²) in [4.78, 5) is 10.8. The van der Waals surface area contributed by atoms with Crippen LogP contribution in [0.3, 0.4) is 0 Å². The van der Waals surface area contributed by atoms with E-state index in [1.165, 1.54) is 19.9 Å². The SMILES string of the molecule is CC(C)(Nc1cc(Cl)nnc1Cl)C(=O)O. The molecule has 0 fully saturated rings. The molecule has 0 spiro atoms. The first-order chi connectivity index (χ1) is 6.83. The van der Waals surface area contributed by atoms with Gasteiger partial charge in [0.05, 0.1) is 5.69 Å². The average Bonchev–Trinajstić information content (AvgIpc) is 2.10. The molecule has 1 heterocycles. The highest BCUT2D eigenvalue weighted by atomic mass is 35.5. The third-order valence-electron chi connectivity index (χ3n) is 1.70. The van der Waals surface area contributed by atoms with Gasteiger partial charge in [-0.2, -0.15) is 0 Å². The molecule has 0 saturated carbocycles. The van der Waals surface area contributed by atoms with Gasteiger partial charge in [-0.3, -0.25) is 0 Å². The average molecular weight is 250 g/mol. The third-order valence-corrected chi connectivity index (χ3v) is 2.16. The molecule has 0 aliphatic heterocycles. The fraction of sp³-hybridized carbons (Fsp3) is 0.375. The summed E-state index contributed by atoms with van der Waals surface area (Å²) in [5.74, 6) is -1.01. The van der Waals surface area contributed by atoms with Gasteiger partial charge in [0.15, 0.2) is 10.3 Å². The van der Waals surface area contributed by atoms with Gasteiger partial charge in [0.2, 0.25) is 0 Å². The number of hydrogen-bond acceptors (Lipinski definition) is 4. The summed E-state index contributed by atoms with van der Waals surface area (Å²) < 4.78 is 0. The van der Waals surface area contributed by atoms with Gasteiger partial charge < -0.3 is 10.4 Å². The molecular formula is C8H9Cl2N3O2. The van der Waals surface area contributed by atoms with E-state index in [-0.39, 0.29) is 10.3 Å². The van der Waals surface area contributed by atoms with Gasteiger partial charge in [0.25, 0.3) is 0 Å². The van der Waals surface area contributed by atoms with E-state index >= 15 is 0 Å². The van der Waals surface area contributed by atoms with E-state index < -0.39 is 11.5 Å². The number of rotatable bonds is 3. The highest BCUT2D eigenvalue weighted by molar-refractivity contribution is 6.33. The van der Waals surface area contributed by atoms with E-state index in [2.05, 4.69) is 15.5 Å². The summed E-state index contributed by atoms with van der Waals surface area (Å²) in [6.45, 7) is 3.00. The van der Waals surface area contributed by atoms with E-state index in [1.807, 2.05) is 0 Å². The smallest absolute Gasteiger partial charge is 0.328 e. The predicted octanol–water partition coefficient (Wildman–Crippen LogP) is 2.06. The maximum atomic E-state index is 10.8. The van der Waals surface area contributed by atoms with Crippen molar-refractivity contribution < 1.29 is 9.90 Å². The second-order valence-electron chi connectivity index (χ2n) is 3.43. The van der Waals surface area contributed by atoms with Crippen molar-refractivity contribution in [3.8, 4) is 0 Å². The molecule has 0 bridgehead atoms. The predicted molar refractivity (Wildman–Crippen MR) is 57.4 cm³/mol. The Labute approximate surface area is 96.4 Å². The lowest BCUT2D eigenvalue weighted by molar-refractivity contribution is -0.141. The summed E-state index contributed by atoms with van der Waals surface area (Å²) in [5.41, 5.74) is -0.820. The minimum absolute atomic E-state index is 0.0775. The van der Waals surface area contributed by atoms with Gasteiger partial charge >= 0.3 is 5.97 Å². The van der Waals surface area contributed by atoms with Crippen LogP contribution < -0.4 is 5.32 Å². The minimum Gasteiger partial charge on any atom is -0.480 e. The van der Waals surface area contributed by atoms with Gasteiger partial charge in [-0.25, -0.2) is 4.79 Å². The highest BCUT2D eigenvalue weighted by Crippen LogP contribution is 2.24. The van der Waals surface area contributed by atoms with Crippen LogP contribution in [0.4, 0.5) is 5.69 Å². The van der Waals surface area contributed by atoms with Gasteiger partial charge in [-0.15, -0.1) is 10.2 Å². The summed E-state index contributed by atoms with van der Waals surface area (Å²) in [7, 11) is 0. The molecule has 82 valence electrons. The molecule has 0 radical (unpaired) electrons. The lowest BCUT2D eigenvalue weighted by Crippen LogP contribution is -2.40. The highest BCUT2D eigenvalue weighted by Gasteiger charge is 2.27. The number of carboxylic acid groups (broad SMARTS) is 1. The summed E-state index contributed by atoms with van der Waals surface area (Å²) in [6.07, 6.45) is 0. The molecule has 0 saturated heterocycles. The van der Waals surface area contributed by atoms with E-state index in [9.17, 15) is 4.79 Å². The first kappa shape index (κ1) is 12.0. The Hall–Kier alpha value is -1.07. The Bertz CT molecular complexity index is 395. The standard InChI is InChI=1S/C8H9Cl2N3O2/c1-8(2,7(14)15)11-4-3-5(9)12-13-6(4)10/h3H,1-2H3,(H,11,12)(H,14,15). The van der Waals surface area contributed by atoms with Gasteiger partial charge in [0, 0.05) is 6.07 Å². The number of carboxylic acids is 1. The zero-order chi connectivity index (χ0) is 11.6. The second kappa shape index (κ2) is 4.20. The summed E-state index contributed by atoms with van der Waals surface area (Å²) >= 11 is 11.3. The van der Waals surface area contributed by atoms with Gasteiger partial charge in [-0.05, 0) is 13.8 Å². The van der Waals surface area contributed by atoms with Crippen LogP contribution in [-0.2, 0) is 4.79 Å². The van der Waals surface area contributed by atoms with E-state index in [0.29, 0.717) is 5.69 Å². The quantitative estimate of drug-likeness (QED) is 0.858. The normalized spacial score (nSPS) is 11.2. The Morgan fingerprint density at radius 1 is 1.47 bits per heavy atom. The van der Waals surface area contributed by atoms with Crippen LogP contribution in [0.25, 0.3) is 0 Å². The number of aromatic nitrogens is 2. The van der Waals surface area contributed by atoms with Crippen LogP contribution in [0.15, 0.2) is 6.07 Å². The fourth-order valence-electron chi connectivity index (χ4n) is 0.831.